The summed E-state index contributed by atoms with van der Waals surface area (Å²) in [6.45, 7) is 5.10. The van der Waals surface area contributed by atoms with Gasteiger partial charge in [0.1, 0.15) is 0 Å². The Balaban J connectivity index is 2.18. The van der Waals surface area contributed by atoms with E-state index in [-0.39, 0.29) is 6.04 Å². The first-order chi connectivity index (χ1) is 10.2. The standard InChI is InChI=1S/C17H20N4/c1-4-19-17(16-11-21(3)20-12(16)2)15-7-5-6-13-10-18-9-8-14(13)15/h5-11,17,19H,4H2,1-3H3. The van der Waals surface area contributed by atoms with Crippen molar-refractivity contribution in [2.45, 2.75) is 19.9 Å². The van der Waals surface area contributed by atoms with Gasteiger partial charge in [-0.05, 0) is 30.5 Å². The van der Waals surface area contributed by atoms with E-state index < -0.39 is 0 Å². The molecule has 21 heavy (non-hydrogen) atoms. The third-order valence-corrected chi connectivity index (χ3v) is 3.80. The van der Waals surface area contributed by atoms with Crippen LogP contribution in [0.2, 0.25) is 0 Å². The van der Waals surface area contributed by atoms with E-state index in [2.05, 4.69) is 59.7 Å². The molecule has 108 valence electrons. The largest absolute Gasteiger partial charge is 0.306 e. The van der Waals surface area contributed by atoms with Gasteiger partial charge in [0.15, 0.2) is 0 Å². The Kier molecular flexibility index (Phi) is 3.71. The lowest BCUT2D eigenvalue weighted by atomic mass is 9.95. The molecular weight excluding hydrogens is 260 g/mol. The zero-order valence-corrected chi connectivity index (χ0v) is 12.7. The molecule has 0 aliphatic heterocycles. The lowest BCUT2D eigenvalue weighted by Gasteiger charge is -2.20. The molecule has 0 fully saturated rings. The third kappa shape index (κ3) is 2.54. The Hall–Kier alpha value is -2.20. The van der Waals surface area contributed by atoms with Gasteiger partial charge in [-0.25, -0.2) is 0 Å². The predicted molar refractivity (Wildman–Crippen MR) is 85.2 cm³/mol. The number of hydrogen-bond donors (Lipinski definition) is 1. The van der Waals surface area contributed by atoms with Crippen LogP contribution in [0.5, 0.6) is 0 Å². The number of aromatic nitrogens is 3. The average molecular weight is 280 g/mol. The van der Waals surface area contributed by atoms with E-state index >= 15 is 0 Å². The maximum absolute atomic E-state index is 4.48. The second-order valence-corrected chi connectivity index (χ2v) is 5.28. The first-order valence-electron chi connectivity index (χ1n) is 7.27. The Morgan fingerprint density at radius 2 is 2.10 bits per heavy atom. The molecule has 1 aromatic carbocycles. The van der Waals surface area contributed by atoms with Crippen molar-refractivity contribution in [1.29, 1.82) is 0 Å². The second-order valence-electron chi connectivity index (χ2n) is 5.28. The fourth-order valence-corrected chi connectivity index (χ4v) is 2.89. The molecule has 3 aromatic rings. The number of nitrogens with zero attached hydrogens (tertiary/aromatic N) is 3. The summed E-state index contributed by atoms with van der Waals surface area (Å²) in [6.07, 6.45) is 5.87. The highest BCUT2D eigenvalue weighted by atomic mass is 15.3. The van der Waals surface area contributed by atoms with E-state index in [0.29, 0.717) is 0 Å². The van der Waals surface area contributed by atoms with Gasteiger partial charge in [-0.1, -0.05) is 25.1 Å². The van der Waals surface area contributed by atoms with E-state index in [4.69, 9.17) is 0 Å². The molecule has 1 atom stereocenters. The number of fused-ring (bicyclic) bond motifs is 1. The summed E-state index contributed by atoms with van der Waals surface area (Å²) in [5.41, 5.74) is 3.56. The quantitative estimate of drug-likeness (QED) is 0.799. The van der Waals surface area contributed by atoms with Crippen molar-refractivity contribution >= 4 is 10.8 Å². The normalized spacial score (nSPS) is 12.7. The zero-order valence-electron chi connectivity index (χ0n) is 12.7. The Labute approximate surface area is 124 Å². The number of benzene rings is 1. The fourth-order valence-electron chi connectivity index (χ4n) is 2.89. The summed E-state index contributed by atoms with van der Waals surface area (Å²) in [4.78, 5) is 4.22. The Morgan fingerprint density at radius 1 is 1.24 bits per heavy atom. The molecule has 2 heterocycles. The van der Waals surface area contributed by atoms with Gasteiger partial charge >= 0.3 is 0 Å². The first-order valence-corrected chi connectivity index (χ1v) is 7.27. The van der Waals surface area contributed by atoms with Crippen LogP contribution in [0.1, 0.15) is 29.8 Å². The maximum Gasteiger partial charge on any atom is 0.0644 e. The smallest absolute Gasteiger partial charge is 0.0644 e. The highest BCUT2D eigenvalue weighted by Gasteiger charge is 2.19. The summed E-state index contributed by atoms with van der Waals surface area (Å²) in [5.74, 6) is 0. The Bertz CT molecular complexity index is 755. The minimum atomic E-state index is 0.148. The maximum atomic E-state index is 4.48. The molecule has 0 amide bonds. The predicted octanol–water partition coefficient (Wildman–Crippen LogP) is 2.98. The van der Waals surface area contributed by atoms with Crippen molar-refractivity contribution in [1.82, 2.24) is 20.1 Å². The number of nitrogens with one attached hydrogen (secondary N) is 1. The summed E-state index contributed by atoms with van der Waals surface area (Å²) in [6, 6.07) is 8.61. The van der Waals surface area contributed by atoms with Crippen molar-refractivity contribution < 1.29 is 0 Å². The molecule has 1 unspecified atom stereocenters. The molecule has 0 radical (unpaired) electrons. The minimum Gasteiger partial charge on any atom is -0.306 e. The first kappa shape index (κ1) is 13.8. The van der Waals surface area contributed by atoms with Crippen LogP contribution in [-0.2, 0) is 7.05 Å². The van der Waals surface area contributed by atoms with Crippen LogP contribution in [0.15, 0.2) is 42.9 Å². The van der Waals surface area contributed by atoms with E-state index in [9.17, 15) is 0 Å². The fraction of sp³-hybridized carbons (Fsp3) is 0.294. The van der Waals surface area contributed by atoms with E-state index in [1.165, 1.54) is 21.9 Å². The molecule has 4 nitrogen and oxygen atoms in total. The number of aryl methyl sites for hydroxylation is 2. The van der Waals surface area contributed by atoms with Gasteiger partial charge in [0.25, 0.3) is 0 Å². The highest BCUT2D eigenvalue weighted by Crippen LogP contribution is 2.29. The van der Waals surface area contributed by atoms with Crippen molar-refractivity contribution in [3.05, 3.63) is 59.7 Å². The van der Waals surface area contributed by atoms with Crippen molar-refractivity contribution in [2.24, 2.45) is 7.05 Å². The molecule has 0 aliphatic rings. The number of hydrogen-bond acceptors (Lipinski definition) is 3. The van der Waals surface area contributed by atoms with Crippen LogP contribution in [0, 0.1) is 6.92 Å². The van der Waals surface area contributed by atoms with Crippen LogP contribution in [0.4, 0.5) is 0 Å². The molecule has 1 N–H and O–H groups in total. The van der Waals surface area contributed by atoms with E-state index in [1.54, 1.807) is 0 Å². The molecule has 3 rings (SSSR count). The summed E-state index contributed by atoms with van der Waals surface area (Å²) in [5, 5.41) is 10.5. The van der Waals surface area contributed by atoms with Crippen LogP contribution < -0.4 is 5.32 Å². The monoisotopic (exact) mass is 280 g/mol. The van der Waals surface area contributed by atoms with Crippen molar-refractivity contribution in [2.75, 3.05) is 6.54 Å². The van der Waals surface area contributed by atoms with Crippen LogP contribution in [0.25, 0.3) is 10.8 Å². The Morgan fingerprint density at radius 3 is 2.81 bits per heavy atom. The van der Waals surface area contributed by atoms with E-state index in [0.717, 1.165) is 12.2 Å². The number of pyridine rings is 1. The third-order valence-electron chi connectivity index (χ3n) is 3.80. The van der Waals surface area contributed by atoms with Gasteiger partial charge < -0.3 is 5.32 Å². The van der Waals surface area contributed by atoms with Gasteiger partial charge in [-0.2, -0.15) is 5.10 Å². The molecule has 0 bridgehead atoms. The SMILES string of the molecule is CCNC(c1cn(C)nc1C)c1cccc2cnccc12. The topological polar surface area (TPSA) is 42.7 Å². The summed E-state index contributed by atoms with van der Waals surface area (Å²) >= 11 is 0. The molecule has 0 aliphatic carbocycles. The lowest BCUT2D eigenvalue weighted by Crippen LogP contribution is -2.22. The van der Waals surface area contributed by atoms with Gasteiger partial charge in [0, 0.05) is 36.6 Å². The van der Waals surface area contributed by atoms with Crippen LogP contribution in [-0.4, -0.2) is 21.3 Å². The highest BCUT2D eigenvalue weighted by molar-refractivity contribution is 5.85. The molecule has 0 saturated heterocycles. The molecule has 0 saturated carbocycles. The lowest BCUT2D eigenvalue weighted by molar-refractivity contribution is 0.631. The molecular formula is C17H20N4. The number of rotatable bonds is 4. The van der Waals surface area contributed by atoms with Gasteiger partial charge in [0.05, 0.1) is 11.7 Å². The zero-order chi connectivity index (χ0) is 14.8. The van der Waals surface area contributed by atoms with Gasteiger partial charge in [0.2, 0.25) is 0 Å². The van der Waals surface area contributed by atoms with Crippen molar-refractivity contribution in [3.8, 4) is 0 Å². The molecule has 2 aromatic heterocycles. The minimum absolute atomic E-state index is 0.148. The van der Waals surface area contributed by atoms with E-state index in [1.807, 2.05) is 24.1 Å². The van der Waals surface area contributed by atoms with Crippen molar-refractivity contribution in [3.63, 3.8) is 0 Å². The van der Waals surface area contributed by atoms with Gasteiger partial charge in [-0.15, -0.1) is 0 Å². The molecule has 0 spiro atoms. The summed E-state index contributed by atoms with van der Waals surface area (Å²) in [7, 11) is 1.96. The second kappa shape index (κ2) is 5.66. The average Bonchev–Trinajstić information content (AvgIpc) is 2.83. The van der Waals surface area contributed by atoms with Gasteiger partial charge in [-0.3, -0.25) is 9.67 Å². The van der Waals surface area contributed by atoms with Crippen LogP contribution >= 0.6 is 0 Å². The molecule has 4 heteroatoms. The summed E-state index contributed by atoms with van der Waals surface area (Å²) < 4.78 is 1.88. The van der Waals surface area contributed by atoms with Crippen LogP contribution in [0.3, 0.4) is 0 Å².